The Hall–Kier alpha value is -2.08. The molecule has 3 aliphatic rings. The fourth-order valence-corrected chi connectivity index (χ4v) is 8.47. The molecule has 4 rings (SSSR count). The zero-order chi connectivity index (χ0) is 28.5. The number of anilines is 1. The van der Waals surface area contributed by atoms with Gasteiger partial charge in [0.05, 0.1) is 0 Å². The summed E-state index contributed by atoms with van der Waals surface area (Å²) >= 11 is -0.718. The molecule has 3 heterocycles. The third-order valence-electron chi connectivity index (χ3n) is 7.84. The van der Waals surface area contributed by atoms with E-state index in [0.717, 1.165) is 72.8 Å². The van der Waals surface area contributed by atoms with Crippen LogP contribution in [0.2, 0.25) is 0 Å². The molecule has 2 unspecified atom stereocenters. The number of halogens is 1. The molecule has 0 bridgehead atoms. The van der Waals surface area contributed by atoms with E-state index in [4.69, 9.17) is 14.5 Å². The number of aromatic nitrogens is 1. The maximum absolute atomic E-state index is 13.7. The Morgan fingerprint density at radius 1 is 1.20 bits per heavy atom. The summed E-state index contributed by atoms with van der Waals surface area (Å²) in [5, 5.41) is 0. The molecule has 1 aromatic rings. The number of pyridine rings is 1. The van der Waals surface area contributed by atoms with E-state index in [1.54, 1.807) is 0 Å². The van der Waals surface area contributed by atoms with E-state index >= 15 is 0 Å². The number of ether oxygens (including phenoxy) is 2. The van der Waals surface area contributed by atoms with Gasteiger partial charge in [0.15, 0.2) is 0 Å². The van der Waals surface area contributed by atoms with Crippen LogP contribution in [0.5, 0.6) is 0 Å². The molecule has 0 N–H and O–H groups in total. The Balaban J connectivity index is 1.43. The summed E-state index contributed by atoms with van der Waals surface area (Å²) in [6.07, 6.45) is 8.94. The Morgan fingerprint density at radius 3 is 2.62 bits per heavy atom. The van der Waals surface area contributed by atoms with Gasteiger partial charge in [-0.05, 0) is 0 Å². The van der Waals surface area contributed by atoms with Gasteiger partial charge in [0.25, 0.3) is 0 Å². The summed E-state index contributed by atoms with van der Waals surface area (Å²) in [6.45, 7) is 20.1. The molecule has 220 valence electrons. The predicted octanol–water partition coefficient (Wildman–Crippen LogP) is 0.954. The zero-order valence-corrected chi connectivity index (χ0v) is 26.7. The van der Waals surface area contributed by atoms with Crippen LogP contribution < -0.4 is 26.1 Å². The van der Waals surface area contributed by atoms with E-state index < -0.39 is 21.2 Å². The third kappa shape index (κ3) is 8.02. The summed E-state index contributed by atoms with van der Waals surface area (Å²) in [5.41, 5.74) is 3.14. The molecule has 9 heteroatoms. The number of nitrogens with zero attached hydrogens (tertiary/aromatic N) is 5. The molecule has 1 aliphatic carbocycles. The van der Waals surface area contributed by atoms with Gasteiger partial charge in [-0.1, -0.05) is 0 Å². The number of hydrogen-bond acceptors (Lipinski definition) is 8. The number of alkyl halides is 1. The number of allylic oxidation sites excluding steroid dienone is 2. The number of rotatable bonds is 12. The van der Waals surface area contributed by atoms with Crippen LogP contribution in [0, 0.1) is 0 Å². The molecule has 2 aliphatic heterocycles. The molecule has 0 saturated carbocycles. The number of carbonyl (C=O) groups excluding carboxylic acids is 1. The summed E-state index contributed by atoms with van der Waals surface area (Å²) in [4.78, 5) is 30.5. The van der Waals surface area contributed by atoms with Gasteiger partial charge >= 0.3 is 251 Å². The van der Waals surface area contributed by atoms with Crippen molar-refractivity contribution in [2.24, 2.45) is 4.99 Å². The van der Waals surface area contributed by atoms with Crippen LogP contribution in [0.1, 0.15) is 51.3 Å². The average molecular weight is 663 g/mol. The first-order valence-electron chi connectivity index (χ1n) is 14.5. The second kappa shape index (κ2) is 15.2. The number of fused-ring (bicyclic) bond motifs is 1. The van der Waals surface area contributed by atoms with Gasteiger partial charge in [0.2, 0.25) is 0 Å². The quantitative estimate of drug-likeness (QED) is 0.109. The van der Waals surface area contributed by atoms with E-state index in [9.17, 15) is 4.79 Å². The second-order valence-corrected chi connectivity index (χ2v) is 13.3. The number of morpholine rings is 1. The van der Waals surface area contributed by atoms with Crippen molar-refractivity contribution >= 4 is 21.9 Å². The minimum atomic E-state index is -0.718. The van der Waals surface area contributed by atoms with Gasteiger partial charge in [-0.25, -0.2) is 0 Å². The summed E-state index contributed by atoms with van der Waals surface area (Å²) in [6, 6.07) is 4.99. The molecule has 0 amide bonds. The first kappa shape index (κ1) is 30.9. The van der Waals surface area contributed by atoms with Crippen LogP contribution >= 0.6 is 0 Å². The molecule has 40 heavy (non-hydrogen) atoms. The molecular weight excluding hydrogens is 617 g/mol. The fraction of sp³-hybridized carbons (Fsp3) is 0.581. The Morgan fingerprint density at radius 2 is 1.95 bits per heavy atom. The standard InChI is InChI=1S/C31H45IN5O3/c1-6-25(22-33-24(5)40-7-2)29(36-17-19-39-20-18-36)21-32-31(38)27-9-8-10-28-26(27)11-12-30(34-28)37-15-13-35(14-16-37)23(3)4/h6,8,10-12,22-23,27,29H,5,7,9,13-21H2,1-4H3/q-1/b25-6+,33-22?. The van der Waals surface area contributed by atoms with Gasteiger partial charge in [0, 0.05) is 0 Å². The Labute approximate surface area is 250 Å². The van der Waals surface area contributed by atoms with Crippen LogP contribution in [-0.2, 0) is 14.3 Å². The summed E-state index contributed by atoms with van der Waals surface area (Å²) < 4.78 is 12.3. The summed E-state index contributed by atoms with van der Waals surface area (Å²) in [7, 11) is 0. The molecule has 0 spiro atoms. The van der Waals surface area contributed by atoms with Crippen LogP contribution in [0.15, 0.2) is 47.3 Å². The molecule has 2 fully saturated rings. The topological polar surface area (TPSA) is 70.5 Å². The van der Waals surface area contributed by atoms with Crippen LogP contribution in [0.4, 0.5) is 5.82 Å². The normalized spacial score (nSPS) is 21.7. The second-order valence-electron chi connectivity index (χ2n) is 10.6. The summed E-state index contributed by atoms with van der Waals surface area (Å²) in [5.74, 6) is 1.33. The third-order valence-corrected chi connectivity index (χ3v) is 10.6. The van der Waals surface area contributed by atoms with Crippen LogP contribution in [0.3, 0.4) is 0 Å². The molecule has 0 radical (unpaired) electrons. The first-order valence-corrected chi connectivity index (χ1v) is 17.1. The maximum atomic E-state index is 13.7. The van der Waals surface area contributed by atoms with Crippen LogP contribution in [-0.4, -0.2) is 100 Å². The fourth-order valence-electron chi connectivity index (χ4n) is 5.44. The number of aliphatic imine (C=N–C) groups is 1. The van der Waals surface area contributed by atoms with Gasteiger partial charge in [-0.2, -0.15) is 0 Å². The van der Waals surface area contributed by atoms with Gasteiger partial charge in [-0.15, -0.1) is 0 Å². The van der Waals surface area contributed by atoms with E-state index in [0.29, 0.717) is 35.5 Å². The van der Waals surface area contributed by atoms with Gasteiger partial charge < -0.3 is 0 Å². The van der Waals surface area contributed by atoms with Crippen molar-refractivity contribution in [3.63, 3.8) is 0 Å². The van der Waals surface area contributed by atoms with Crippen molar-refractivity contribution in [1.82, 2.24) is 14.8 Å². The molecule has 2 atom stereocenters. The Bertz CT molecular complexity index is 1100. The predicted molar refractivity (Wildman–Crippen MR) is 159 cm³/mol. The van der Waals surface area contributed by atoms with E-state index in [1.807, 2.05) is 20.1 Å². The molecule has 8 nitrogen and oxygen atoms in total. The Kier molecular flexibility index (Phi) is 11.8. The van der Waals surface area contributed by atoms with Gasteiger partial charge in [0.1, 0.15) is 0 Å². The van der Waals surface area contributed by atoms with Crippen molar-refractivity contribution in [2.45, 2.75) is 52.1 Å². The molecular formula is C31H45IN5O3-. The monoisotopic (exact) mass is 662 g/mol. The van der Waals surface area contributed by atoms with E-state index in [-0.39, 0.29) is 12.0 Å². The van der Waals surface area contributed by atoms with Crippen molar-refractivity contribution in [3.8, 4) is 0 Å². The van der Waals surface area contributed by atoms with Crippen molar-refractivity contribution in [2.75, 3.05) is 68.4 Å². The number of piperazine rings is 1. The minimum absolute atomic E-state index is 0.0991. The van der Waals surface area contributed by atoms with Crippen molar-refractivity contribution in [1.29, 1.82) is 0 Å². The molecule has 2 saturated heterocycles. The van der Waals surface area contributed by atoms with E-state index in [1.165, 1.54) is 0 Å². The number of hydrogen-bond donors (Lipinski definition) is 0. The zero-order valence-electron chi connectivity index (χ0n) is 24.5. The van der Waals surface area contributed by atoms with E-state index in [2.05, 4.69) is 70.5 Å². The molecule has 1 aromatic heterocycles. The SMILES string of the molecule is C=C(N=C/C(=C\C)C(C[I-]C(=O)C1CC=Cc2nc(N3CCN(C(C)C)CC3)ccc21)N1CCOCC1)OCC. The average Bonchev–Trinajstić information content (AvgIpc) is 2.98. The van der Waals surface area contributed by atoms with Crippen molar-refractivity contribution in [3.05, 3.63) is 53.6 Å². The van der Waals surface area contributed by atoms with Gasteiger partial charge in [-0.3, -0.25) is 0 Å². The van der Waals surface area contributed by atoms with Crippen molar-refractivity contribution < 1.29 is 35.5 Å². The first-order chi connectivity index (χ1) is 19.4. The number of carbonyl (C=O) groups is 1. The van der Waals surface area contributed by atoms with Crippen LogP contribution in [0.25, 0.3) is 6.08 Å². The molecule has 0 aromatic carbocycles.